The van der Waals surface area contributed by atoms with Gasteiger partial charge in [-0.3, -0.25) is 4.90 Å². The molecule has 26 heavy (non-hydrogen) atoms. The van der Waals surface area contributed by atoms with Crippen molar-refractivity contribution >= 4 is 33.1 Å². The van der Waals surface area contributed by atoms with E-state index >= 15 is 0 Å². The molecule has 3 heterocycles. The summed E-state index contributed by atoms with van der Waals surface area (Å²) in [5.41, 5.74) is 3.56. The molecule has 1 fully saturated rings. The molecule has 0 amide bonds. The summed E-state index contributed by atoms with van der Waals surface area (Å²) in [5.74, 6) is 1.78. The molecule has 3 aromatic rings. The molecule has 0 saturated carbocycles. The molecular formula is C20H24N4OS. The van der Waals surface area contributed by atoms with Crippen LogP contribution < -0.4 is 5.32 Å². The summed E-state index contributed by atoms with van der Waals surface area (Å²) >= 11 is 1.75. The minimum atomic E-state index is 0.762. The molecule has 6 heteroatoms. The Balaban J connectivity index is 1.71. The standard InChI is InChI=1S/C20H24N4OS/c1-13-4-6-16(7-5-13)21-19-18-14(2)15(3)26-20(18)23-17(22-19)12-24-8-10-25-11-9-24/h4-7H,8-12H2,1-3H3,(H,21,22,23). The highest BCUT2D eigenvalue weighted by Gasteiger charge is 2.17. The number of morpholine rings is 1. The van der Waals surface area contributed by atoms with Gasteiger partial charge >= 0.3 is 0 Å². The molecule has 1 aromatic carbocycles. The fraction of sp³-hybridized carbons (Fsp3) is 0.400. The second kappa shape index (κ2) is 7.31. The van der Waals surface area contributed by atoms with Gasteiger partial charge in [-0.1, -0.05) is 17.7 Å². The fourth-order valence-corrected chi connectivity index (χ4v) is 4.24. The third kappa shape index (κ3) is 3.58. The molecule has 2 aromatic heterocycles. The van der Waals surface area contributed by atoms with E-state index in [1.165, 1.54) is 16.0 Å². The summed E-state index contributed by atoms with van der Waals surface area (Å²) in [4.78, 5) is 14.5. The van der Waals surface area contributed by atoms with Crippen molar-refractivity contribution in [3.8, 4) is 0 Å². The van der Waals surface area contributed by atoms with E-state index in [-0.39, 0.29) is 0 Å². The number of aromatic nitrogens is 2. The van der Waals surface area contributed by atoms with Gasteiger partial charge in [0.2, 0.25) is 0 Å². The number of rotatable bonds is 4. The van der Waals surface area contributed by atoms with Gasteiger partial charge in [-0.25, -0.2) is 9.97 Å². The van der Waals surface area contributed by atoms with Gasteiger partial charge in [0.05, 0.1) is 25.1 Å². The van der Waals surface area contributed by atoms with Crippen molar-refractivity contribution in [1.29, 1.82) is 0 Å². The average molecular weight is 369 g/mol. The van der Waals surface area contributed by atoms with Crippen LogP contribution in [0.3, 0.4) is 0 Å². The molecule has 1 saturated heterocycles. The lowest BCUT2D eigenvalue weighted by Crippen LogP contribution is -2.36. The van der Waals surface area contributed by atoms with Crippen molar-refractivity contribution in [2.45, 2.75) is 27.3 Å². The number of ether oxygens (including phenoxy) is 1. The molecule has 1 aliphatic heterocycles. The summed E-state index contributed by atoms with van der Waals surface area (Å²) in [7, 11) is 0. The quantitative estimate of drug-likeness (QED) is 0.748. The average Bonchev–Trinajstić information content (AvgIpc) is 2.92. The Labute approximate surface area is 158 Å². The van der Waals surface area contributed by atoms with Crippen molar-refractivity contribution in [2.24, 2.45) is 0 Å². The van der Waals surface area contributed by atoms with Crippen LogP contribution in [0.2, 0.25) is 0 Å². The minimum absolute atomic E-state index is 0.762. The number of benzene rings is 1. The van der Waals surface area contributed by atoms with E-state index in [4.69, 9.17) is 14.7 Å². The van der Waals surface area contributed by atoms with Crippen LogP contribution in [0.4, 0.5) is 11.5 Å². The highest BCUT2D eigenvalue weighted by Crippen LogP contribution is 2.34. The van der Waals surface area contributed by atoms with E-state index in [0.29, 0.717) is 0 Å². The molecule has 1 aliphatic rings. The number of anilines is 2. The van der Waals surface area contributed by atoms with Crippen LogP contribution in [0, 0.1) is 20.8 Å². The van der Waals surface area contributed by atoms with Gasteiger partial charge in [-0.15, -0.1) is 11.3 Å². The Morgan fingerprint density at radius 1 is 1.08 bits per heavy atom. The highest BCUT2D eigenvalue weighted by atomic mass is 32.1. The van der Waals surface area contributed by atoms with E-state index in [2.05, 4.69) is 55.3 Å². The van der Waals surface area contributed by atoms with Crippen LogP contribution in [0.15, 0.2) is 24.3 Å². The highest BCUT2D eigenvalue weighted by molar-refractivity contribution is 7.18. The van der Waals surface area contributed by atoms with Crippen molar-refractivity contribution in [1.82, 2.24) is 14.9 Å². The molecule has 4 rings (SSSR count). The number of aryl methyl sites for hydroxylation is 3. The lowest BCUT2D eigenvalue weighted by molar-refractivity contribution is 0.0331. The van der Waals surface area contributed by atoms with E-state index in [0.717, 1.165) is 60.4 Å². The molecule has 0 unspecified atom stereocenters. The third-order valence-electron chi connectivity index (χ3n) is 4.86. The summed E-state index contributed by atoms with van der Waals surface area (Å²) < 4.78 is 5.45. The summed E-state index contributed by atoms with van der Waals surface area (Å²) in [6, 6.07) is 8.42. The molecule has 5 nitrogen and oxygen atoms in total. The minimum Gasteiger partial charge on any atom is -0.379 e. The Morgan fingerprint density at radius 2 is 1.81 bits per heavy atom. The molecule has 0 bridgehead atoms. The number of nitrogens with one attached hydrogen (secondary N) is 1. The zero-order valence-electron chi connectivity index (χ0n) is 15.5. The Bertz CT molecular complexity index is 914. The smallest absolute Gasteiger partial charge is 0.146 e. The van der Waals surface area contributed by atoms with Gasteiger partial charge in [0.1, 0.15) is 16.5 Å². The van der Waals surface area contributed by atoms with Gasteiger partial charge < -0.3 is 10.1 Å². The molecule has 0 radical (unpaired) electrons. The molecule has 0 spiro atoms. The van der Waals surface area contributed by atoms with Crippen molar-refractivity contribution in [3.63, 3.8) is 0 Å². The molecule has 1 N–H and O–H groups in total. The SMILES string of the molecule is Cc1ccc(Nc2nc(CN3CCOCC3)nc3sc(C)c(C)c23)cc1. The fourth-order valence-electron chi connectivity index (χ4n) is 3.19. The maximum Gasteiger partial charge on any atom is 0.146 e. The molecule has 0 aliphatic carbocycles. The van der Waals surface area contributed by atoms with Gasteiger partial charge in [-0.2, -0.15) is 0 Å². The van der Waals surface area contributed by atoms with Crippen molar-refractivity contribution < 1.29 is 4.74 Å². The maximum absolute atomic E-state index is 5.45. The molecule has 0 atom stereocenters. The number of fused-ring (bicyclic) bond motifs is 1. The molecular weight excluding hydrogens is 344 g/mol. The topological polar surface area (TPSA) is 50.3 Å². The van der Waals surface area contributed by atoms with Gasteiger partial charge in [0, 0.05) is 23.7 Å². The van der Waals surface area contributed by atoms with Gasteiger partial charge in [0.15, 0.2) is 0 Å². The molecule has 136 valence electrons. The number of nitrogens with zero attached hydrogens (tertiary/aromatic N) is 3. The van der Waals surface area contributed by atoms with Gasteiger partial charge in [-0.05, 0) is 38.5 Å². The van der Waals surface area contributed by atoms with Crippen LogP contribution in [-0.2, 0) is 11.3 Å². The van der Waals surface area contributed by atoms with Crippen LogP contribution in [-0.4, -0.2) is 41.2 Å². The number of thiophene rings is 1. The van der Waals surface area contributed by atoms with Crippen molar-refractivity contribution in [2.75, 3.05) is 31.6 Å². The second-order valence-electron chi connectivity index (χ2n) is 6.83. The summed E-state index contributed by atoms with van der Waals surface area (Å²) in [5, 5.41) is 4.66. The predicted octanol–water partition coefficient (Wildman–Crippen LogP) is 4.19. The first-order chi connectivity index (χ1) is 12.6. The largest absolute Gasteiger partial charge is 0.379 e. The normalized spacial score (nSPS) is 15.5. The first-order valence-corrected chi connectivity index (χ1v) is 9.82. The van der Waals surface area contributed by atoms with E-state index in [1.807, 2.05) is 0 Å². The summed E-state index contributed by atoms with van der Waals surface area (Å²) in [6.07, 6.45) is 0. The Kier molecular flexibility index (Phi) is 4.89. The lowest BCUT2D eigenvalue weighted by atomic mass is 10.2. The Morgan fingerprint density at radius 3 is 2.54 bits per heavy atom. The predicted molar refractivity (Wildman–Crippen MR) is 107 cm³/mol. The lowest BCUT2D eigenvalue weighted by Gasteiger charge is -2.25. The summed E-state index contributed by atoms with van der Waals surface area (Å²) in [6.45, 7) is 10.6. The van der Waals surface area contributed by atoms with Crippen LogP contribution in [0.25, 0.3) is 10.2 Å². The van der Waals surface area contributed by atoms with Crippen molar-refractivity contribution in [3.05, 3.63) is 46.1 Å². The number of hydrogen-bond donors (Lipinski definition) is 1. The zero-order chi connectivity index (χ0) is 18.1. The monoisotopic (exact) mass is 368 g/mol. The number of hydrogen-bond acceptors (Lipinski definition) is 6. The first kappa shape index (κ1) is 17.4. The third-order valence-corrected chi connectivity index (χ3v) is 5.96. The van der Waals surface area contributed by atoms with E-state index < -0.39 is 0 Å². The van der Waals surface area contributed by atoms with Crippen LogP contribution >= 0.6 is 11.3 Å². The van der Waals surface area contributed by atoms with E-state index in [9.17, 15) is 0 Å². The van der Waals surface area contributed by atoms with Crippen LogP contribution in [0.5, 0.6) is 0 Å². The zero-order valence-corrected chi connectivity index (χ0v) is 16.3. The Hall–Kier alpha value is -2.02. The second-order valence-corrected chi connectivity index (χ2v) is 8.03. The van der Waals surface area contributed by atoms with E-state index in [1.54, 1.807) is 11.3 Å². The maximum atomic E-state index is 5.45. The first-order valence-electron chi connectivity index (χ1n) is 9.00. The van der Waals surface area contributed by atoms with Gasteiger partial charge in [0.25, 0.3) is 0 Å². The van der Waals surface area contributed by atoms with Crippen LogP contribution in [0.1, 0.15) is 21.8 Å².